The van der Waals surface area contributed by atoms with E-state index in [0.29, 0.717) is 17.5 Å². The molecule has 1 heterocycles. The van der Waals surface area contributed by atoms with E-state index < -0.39 is 0 Å². The molecule has 1 aliphatic rings. The van der Waals surface area contributed by atoms with E-state index in [1.54, 1.807) is 7.11 Å². The topological polar surface area (TPSA) is 78.9 Å². The quantitative estimate of drug-likeness (QED) is 0.845. The number of anilines is 1. The first-order chi connectivity index (χ1) is 9.69. The largest absolute Gasteiger partial charge is 0.495 e. The number of nitrogen functional groups attached to an aromatic ring is 1. The van der Waals surface area contributed by atoms with Crippen molar-refractivity contribution in [1.82, 2.24) is 20.2 Å². The summed E-state index contributed by atoms with van der Waals surface area (Å²) in [7, 11) is 1.61. The summed E-state index contributed by atoms with van der Waals surface area (Å²) in [5, 5.41) is 12.1. The number of tetrazole rings is 1. The molecule has 0 aliphatic heterocycles. The smallest absolute Gasteiger partial charge is 0.182 e. The second-order valence-corrected chi connectivity index (χ2v) is 5.43. The minimum atomic E-state index is 0.302. The van der Waals surface area contributed by atoms with Crippen molar-refractivity contribution < 1.29 is 4.74 Å². The molecule has 6 nitrogen and oxygen atoms in total. The van der Waals surface area contributed by atoms with Crippen LogP contribution in [0.15, 0.2) is 18.2 Å². The van der Waals surface area contributed by atoms with Gasteiger partial charge in [0.1, 0.15) is 5.75 Å². The number of methoxy groups -OCH3 is 1. The molecule has 1 atom stereocenters. The van der Waals surface area contributed by atoms with Gasteiger partial charge in [-0.05, 0) is 47.9 Å². The second kappa shape index (κ2) is 5.11. The first kappa shape index (κ1) is 12.9. The predicted molar refractivity (Wildman–Crippen MR) is 76.3 cm³/mol. The highest BCUT2D eigenvalue weighted by Crippen LogP contribution is 2.37. The Morgan fingerprint density at radius 2 is 2.25 bits per heavy atom. The standard InChI is InChI=1S/C14H19N5O/c1-9(7-10-3-4-10)19-14(16-17-18-19)11-5-6-12(15)13(8-11)20-2/h5-6,8-10H,3-4,7,15H2,1-2H3. The van der Waals surface area contributed by atoms with Gasteiger partial charge in [0, 0.05) is 5.56 Å². The maximum absolute atomic E-state index is 5.84. The van der Waals surface area contributed by atoms with E-state index >= 15 is 0 Å². The summed E-state index contributed by atoms with van der Waals surface area (Å²) >= 11 is 0. The molecule has 1 aromatic carbocycles. The van der Waals surface area contributed by atoms with E-state index in [-0.39, 0.29) is 0 Å². The monoisotopic (exact) mass is 273 g/mol. The van der Waals surface area contributed by atoms with Gasteiger partial charge in [0.25, 0.3) is 0 Å². The summed E-state index contributed by atoms with van der Waals surface area (Å²) in [4.78, 5) is 0. The number of benzene rings is 1. The molecule has 0 spiro atoms. The Bertz CT molecular complexity index is 605. The Labute approximate surface area is 117 Å². The maximum atomic E-state index is 5.84. The molecule has 20 heavy (non-hydrogen) atoms. The fourth-order valence-corrected chi connectivity index (χ4v) is 2.47. The van der Waals surface area contributed by atoms with E-state index in [1.165, 1.54) is 12.8 Å². The Hall–Kier alpha value is -2.11. The second-order valence-electron chi connectivity index (χ2n) is 5.43. The van der Waals surface area contributed by atoms with Gasteiger partial charge in [-0.2, -0.15) is 0 Å². The highest BCUT2D eigenvalue weighted by molar-refractivity contribution is 5.65. The number of rotatable bonds is 5. The number of nitrogens with two attached hydrogens (primary N) is 1. The van der Waals surface area contributed by atoms with Crippen LogP contribution in [0.4, 0.5) is 5.69 Å². The van der Waals surface area contributed by atoms with Crippen LogP contribution in [-0.4, -0.2) is 27.3 Å². The Morgan fingerprint density at radius 3 is 2.95 bits per heavy atom. The van der Waals surface area contributed by atoms with E-state index in [2.05, 4.69) is 22.4 Å². The zero-order valence-electron chi connectivity index (χ0n) is 11.8. The van der Waals surface area contributed by atoms with Crippen molar-refractivity contribution in [2.45, 2.75) is 32.2 Å². The van der Waals surface area contributed by atoms with E-state index in [9.17, 15) is 0 Å². The third kappa shape index (κ3) is 2.45. The van der Waals surface area contributed by atoms with E-state index in [0.717, 1.165) is 23.7 Å². The fraction of sp³-hybridized carbons (Fsp3) is 0.500. The molecule has 1 fully saturated rings. The summed E-state index contributed by atoms with van der Waals surface area (Å²) in [5.41, 5.74) is 7.37. The zero-order chi connectivity index (χ0) is 14.1. The number of hydrogen-bond donors (Lipinski definition) is 1. The van der Waals surface area contributed by atoms with Crippen molar-refractivity contribution in [2.75, 3.05) is 12.8 Å². The minimum absolute atomic E-state index is 0.302. The van der Waals surface area contributed by atoms with Gasteiger partial charge in [-0.1, -0.05) is 12.8 Å². The van der Waals surface area contributed by atoms with Crippen LogP contribution in [0, 0.1) is 5.92 Å². The lowest BCUT2D eigenvalue weighted by atomic mass is 10.1. The highest BCUT2D eigenvalue weighted by atomic mass is 16.5. The molecule has 1 aliphatic carbocycles. The normalized spacial score (nSPS) is 16.1. The summed E-state index contributed by atoms with van der Waals surface area (Å²) in [6.07, 6.45) is 3.79. The van der Waals surface area contributed by atoms with Crippen LogP contribution in [0.5, 0.6) is 5.75 Å². The third-order valence-corrected chi connectivity index (χ3v) is 3.77. The lowest BCUT2D eigenvalue weighted by molar-refractivity contribution is 0.416. The van der Waals surface area contributed by atoms with Gasteiger partial charge in [0.05, 0.1) is 18.8 Å². The first-order valence-corrected chi connectivity index (χ1v) is 6.90. The van der Waals surface area contributed by atoms with Crippen LogP contribution in [0.3, 0.4) is 0 Å². The summed E-state index contributed by atoms with van der Waals surface area (Å²) in [5.74, 6) is 2.24. The lowest BCUT2D eigenvalue weighted by Gasteiger charge is -2.13. The van der Waals surface area contributed by atoms with Gasteiger partial charge in [-0.3, -0.25) is 0 Å². The Balaban J connectivity index is 1.91. The van der Waals surface area contributed by atoms with E-state index in [1.807, 2.05) is 22.9 Å². The molecular weight excluding hydrogens is 254 g/mol. The molecule has 1 unspecified atom stereocenters. The third-order valence-electron chi connectivity index (χ3n) is 3.77. The van der Waals surface area contributed by atoms with Gasteiger partial charge >= 0.3 is 0 Å². The van der Waals surface area contributed by atoms with Crippen molar-refractivity contribution in [3.8, 4) is 17.1 Å². The SMILES string of the molecule is COc1cc(-c2nnnn2C(C)CC2CC2)ccc1N. The van der Waals surface area contributed by atoms with Crippen molar-refractivity contribution in [3.05, 3.63) is 18.2 Å². The molecule has 1 saturated carbocycles. The van der Waals surface area contributed by atoms with Crippen LogP contribution in [0.2, 0.25) is 0 Å². The molecule has 0 bridgehead atoms. The molecular formula is C14H19N5O. The molecule has 2 aromatic rings. The van der Waals surface area contributed by atoms with Crippen molar-refractivity contribution in [2.24, 2.45) is 5.92 Å². The molecule has 106 valence electrons. The molecule has 6 heteroatoms. The molecule has 1 aromatic heterocycles. The van der Waals surface area contributed by atoms with Crippen molar-refractivity contribution in [3.63, 3.8) is 0 Å². The zero-order valence-corrected chi connectivity index (χ0v) is 11.8. The summed E-state index contributed by atoms with van der Waals surface area (Å²) in [6, 6.07) is 5.92. The van der Waals surface area contributed by atoms with Crippen LogP contribution in [0.1, 0.15) is 32.2 Å². The highest BCUT2D eigenvalue weighted by Gasteiger charge is 2.26. The van der Waals surface area contributed by atoms with Crippen LogP contribution in [-0.2, 0) is 0 Å². The van der Waals surface area contributed by atoms with Crippen molar-refractivity contribution in [1.29, 1.82) is 0 Å². The summed E-state index contributed by atoms with van der Waals surface area (Å²) < 4.78 is 7.15. The number of aromatic nitrogens is 4. The molecule has 0 radical (unpaired) electrons. The average Bonchev–Trinajstić information content (AvgIpc) is 3.12. The Kier molecular flexibility index (Phi) is 3.30. The number of nitrogens with zero attached hydrogens (tertiary/aromatic N) is 4. The molecule has 0 amide bonds. The molecule has 2 N–H and O–H groups in total. The molecule has 3 rings (SSSR count). The van der Waals surface area contributed by atoms with Gasteiger partial charge < -0.3 is 10.5 Å². The number of hydrogen-bond acceptors (Lipinski definition) is 5. The van der Waals surface area contributed by atoms with Crippen LogP contribution >= 0.6 is 0 Å². The minimum Gasteiger partial charge on any atom is -0.495 e. The first-order valence-electron chi connectivity index (χ1n) is 6.90. The van der Waals surface area contributed by atoms with Crippen LogP contribution in [0.25, 0.3) is 11.4 Å². The van der Waals surface area contributed by atoms with Gasteiger partial charge in [0.2, 0.25) is 0 Å². The van der Waals surface area contributed by atoms with Gasteiger partial charge in [-0.15, -0.1) is 5.10 Å². The number of ether oxygens (including phenoxy) is 1. The van der Waals surface area contributed by atoms with Crippen LogP contribution < -0.4 is 10.5 Å². The predicted octanol–water partition coefficient (Wildman–Crippen LogP) is 2.29. The summed E-state index contributed by atoms with van der Waals surface area (Å²) in [6.45, 7) is 2.16. The average molecular weight is 273 g/mol. The maximum Gasteiger partial charge on any atom is 0.182 e. The lowest BCUT2D eigenvalue weighted by Crippen LogP contribution is -2.10. The van der Waals surface area contributed by atoms with Gasteiger partial charge in [-0.25, -0.2) is 4.68 Å². The Morgan fingerprint density at radius 1 is 1.45 bits per heavy atom. The van der Waals surface area contributed by atoms with E-state index in [4.69, 9.17) is 10.5 Å². The molecule has 0 saturated heterocycles. The fourth-order valence-electron chi connectivity index (χ4n) is 2.47. The van der Waals surface area contributed by atoms with Gasteiger partial charge in [0.15, 0.2) is 5.82 Å². The van der Waals surface area contributed by atoms with Crippen molar-refractivity contribution >= 4 is 5.69 Å².